The maximum atomic E-state index is 14.5. The molecule has 2 aliphatic rings. The van der Waals surface area contributed by atoms with E-state index in [9.17, 15) is 14.4 Å². The number of hydrogen-bond acceptors (Lipinski definition) is 6. The van der Waals surface area contributed by atoms with Gasteiger partial charge in [-0.05, 0) is 26.8 Å². The number of amides is 1. The Bertz CT molecular complexity index is 787. The van der Waals surface area contributed by atoms with Gasteiger partial charge in [0, 0.05) is 37.8 Å². The van der Waals surface area contributed by atoms with Crippen molar-refractivity contribution in [2.24, 2.45) is 0 Å². The number of ether oxygens (including phenoxy) is 3. The van der Waals surface area contributed by atoms with Gasteiger partial charge in [-0.3, -0.25) is 4.90 Å². The predicted molar refractivity (Wildman–Crippen MR) is 99.5 cm³/mol. The highest BCUT2D eigenvalue weighted by molar-refractivity contribution is 5.68. The minimum atomic E-state index is -0.535. The maximum Gasteiger partial charge on any atom is 0.410 e. The first-order chi connectivity index (χ1) is 13.2. The second-order valence-corrected chi connectivity index (χ2v) is 8.08. The molecule has 2 atom stereocenters. The molecule has 0 spiro atoms. The quantitative estimate of drug-likeness (QED) is 0.772. The smallest absolute Gasteiger partial charge is 0.410 e. The van der Waals surface area contributed by atoms with Crippen molar-refractivity contribution in [3.8, 4) is 11.8 Å². The molecule has 0 saturated carbocycles. The van der Waals surface area contributed by atoms with Gasteiger partial charge in [0.15, 0.2) is 0 Å². The topological polar surface area (TPSA) is 75.0 Å². The van der Waals surface area contributed by atoms with E-state index in [1.807, 2.05) is 26.8 Å². The molecule has 152 valence electrons. The maximum absolute atomic E-state index is 14.5. The van der Waals surface area contributed by atoms with Crippen LogP contribution in [0.1, 0.15) is 38.0 Å². The summed E-state index contributed by atoms with van der Waals surface area (Å²) in [5.74, 6) is -0.241. The third-order valence-electron chi connectivity index (χ3n) is 4.93. The Morgan fingerprint density at radius 3 is 2.71 bits per heavy atom. The monoisotopic (exact) mass is 391 g/mol. The van der Waals surface area contributed by atoms with Crippen LogP contribution in [0.15, 0.2) is 12.1 Å². The summed E-state index contributed by atoms with van der Waals surface area (Å²) in [6.07, 6.45) is -0.795. The molecule has 2 saturated heterocycles. The van der Waals surface area contributed by atoms with Crippen LogP contribution in [0.3, 0.4) is 0 Å². The van der Waals surface area contributed by atoms with Crippen LogP contribution in [0, 0.1) is 17.1 Å². The lowest BCUT2D eigenvalue weighted by Crippen LogP contribution is -2.60. The van der Waals surface area contributed by atoms with Crippen LogP contribution in [0.25, 0.3) is 0 Å². The molecular weight excluding hydrogens is 365 g/mol. The van der Waals surface area contributed by atoms with E-state index in [1.54, 1.807) is 4.90 Å². The zero-order valence-electron chi connectivity index (χ0n) is 16.7. The van der Waals surface area contributed by atoms with Gasteiger partial charge >= 0.3 is 6.09 Å². The largest absolute Gasteiger partial charge is 0.495 e. The van der Waals surface area contributed by atoms with Crippen LogP contribution in [-0.4, -0.2) is 67.4 Å². The number of benzene rings is 1. The van der Waals surface area contributed by atoms with Crippen LogP contribution in [0.4, 0.5) is 9.18 Å². The Balaban J connectivity index is 1.67. The average molecular weight is 391 g/mol. The van der Waals surface area contributed by atoms with E-state index >= 15 is 0 Å². The Labute approximate surface area is 164 Å². The molecule has 2 unspecified atom stereocenters. The lowest BCUT2D eigenvalue weighted by atomic mass is 10.0. The van der Waals surface area contributed by atoms with Gasteiger partial charge in [-0.15, -0.1) is 0 Å². The van der Waals surface area contributed by atoms with Crippen LogP contribution in [0.2, 0.25) is 0 Å². The summed E-state index contributed by atoms with van der Waals surface area (Å²) in [4.78, 5) is 16.2. The van der Waals surface area contributed by atoms with Crippen molar-refractivity contribution in [2.75, 3.05) is 39.9 Å². The number of hydrogen-bond donors (Lipinski definition) is 0. The highest BCUT2D eigenvalue weighted by Gasteiger charge is 2.37. The van der Waals surface area contributed by atoms with E-state index < -0.39 is 17.5 Å². The first-order valence-electron chi connectivity index (χ1n) is 9.33. The molecule has 8 heteroatoms. The van der Waals surface area contributed by atoms with Gasteiger partial charge < -0.3 is 19.1 Å². The Hall–Kier alpha value is -2.37. The van der Waals surface area contributed by atoms with Crippen LogP contribution in [0.5, 0.6) is 5.75 Å². The first-order valence-corrected chi connectivity index (χ1v) is 9.33. The number of carbonyl (C=O) groups is 1. The molecule has 7 nitrogen and oxygen atoms in total. The van der Waals surface area contributed by atoms with Crippen molar-refractivity contribution in [1.29, 1.82) is 5.26 Å². The van der Waals surface area contributed by atoms with Crippen LogP contribution in [-0.2, 0) is 9.47 Å². The predicted octanol–water partition coefficient (Wildman–Crippen LogP) is 2.70. The second kappa shape index (κ2) is 7.94. The molecule has 0 radical (unpaired) electrons. The summed E-state index contributed by atoms with van der Waals surface area (Å²) in [6.45, 7) is 8.12. The molecule has 2 aliphatic heterocycles. The number of methoxy groups -OCH3 is 1. The summed E-state index contributed by atoms with van der Waals surface area (Å²) in [7, 11) is 1.40. The fraction of sp³-hybridized carbons (Fsp3) is 0.600. The Kier molecular flexibility index (Phi) is 5.77. The standard InChI is InChI=1S/C20H26FN3O4/c1-20(2,3)28-19(25)24-6-5-23-11-18(27-12-14(23)10-24)15-7-13(9-22)17(26-4)8-16(15)21/h7-8,14,18H,5-6,10-12H2,1-4H3. The van der Waals surface area contributed by atoms with Crippen molar-refractivity contribution in [2.45, 2.75) is 38.5 Å². The van der Waals surface area contributed by atoms with E-state index in [-0.39, 0.29) is 23.4 Å². The highest BCUT2D eigenvalue weighted by atomic mass is 19.1. The minimum Gasteiger partial charge on any atom is -0.495 e. The van der Waals surface area contributed by atoms with E-state index in [0.29, 0.717) is 38.3 Å². The van der Waals surface area contributed by atoms with Crippen molar-refractivity contribution in [3.05, 3.63) is 29.1 Å². The zero-order valence-corrected chi connectivity index (χ0v) is 16.7. The lowest BCUT2D eigenvalue weighted by Gasteiger charge is -2.46. The molecule has 1 aromatic rings. The van der Waals surface area contributed by atoms with Gasteiger partial charge in [0.2, 0.25) is 0 Å². The Morgan fingerprint density at radius 2 is 2.07 bits per heavy atom. The molecule has 2 fully saturated rings. The van der Waals surface area contributed by atoms with Crippen molar-refractivity contribution in [3.63, 3.8) is 0 Å². The van der Waals surface area contributed by atoms with E-state index in [2.05, 4.69) is 4.90 Å². The molecule has 0 bridgehead atoms. The first kappa shape index (κ1) is 20.4. The van der Waals surface area contributed by atoms with Crippen molar-refractivity contribution >= 4 is 6.09 Å². The zero-order chi connectivity index (χ0) is 20.5. The number of halogens is 1. The van der Waals surface area contributed by atoms with Gasteiger partial charge in [-0.25, -0.2) is 9.18 Å². The van der Waals surface area contributed by atoms with Crippen LogP contribution >= 0.6 is 0 Å². The molecule has 3 rings (SSSR count). The SMILES string of the molecule is COc1cc(F)c(C2CN3CCN(C(=O)OC(C)(C)C)CC3CO2)cc1C#N. The number of piperazine rings is 1. The molecule has 0 aromatic heterocycles. The van der Waals surface area contributed by atoms with E-state index in [4.69, 9.17) is 14.2 Å². The summed E-state index contributed by atoms with van der Waals surface area (Å²) < 4.78 is 30.9. The minimum absolute atomic E-state index is 0.0364. The number of fused-ring (bicyclic) bond motifs is 1. The third-order valence-corrected chi connectivity index (χ3v) is 4.93. The fourth-order valence-electron chi connectivity index (χ4n) is 3.54. The van der Waals surface area contributed by atoms with Gasteiger partial charge in [0.25, 0.3) is 0 Å². The Morgan fingerprint density at radius 1 is 1.32 bits per heavy atom. The summed E-state index contributed by atoms with van der Waals surface area (Å²) >= 11 is 0. The second-order valence-electron chi connectivity index (χ2n) is 8.08. The number of nitrogens with zero attached hydrogens (tertiary/aromatic N) is 3. The molecule has 1 aromatic carbocycles. The van der Waals surface area contributed by atoms with Crippen molar-refractivity contribution in [1.82, 2.24) is 9.80 Å². The van der Waals surface area contributed by atoms with E-state index in [1.165, 1.54) is 19.2 Å². The summed E-state index contributed by atoms with van der Waals surface area (Å²) in [6, 6.07) is 4.79. The summed E-state index contributed by atoms with van der Waals surface area (Å²) in [5, 5.41) is 9.26. The number of morpholine rings is 1. The number of nitriles is 1. The molecule has 1 amide bonds. The van der Waals surface area contributed by atoms with Crippen LogP contribution < -0.4 is 4.74 Å². The van der Waals surface area contributed by atoms with Gasteiger partial charge in [-0.2, -0.15) is 5.26 Å². The number of rotatable bonds is 2. The lowest BCUT2D eigenvalue weighted by molar-refractivity contribution is -0.0915. The van der Waals surface area contributed by atoms with E-state index in [0.717, 1.165) is 0 Å². The molecule has 2 heterocycles. The summed E-state index contributed by atoms with van der Waals surface area (Å²) in [5.41, 5.74) is 0.0944. The number of carbonyl (C=O) groups excluding carboxylic acids is 1. The fourth-order valence-corrected chi connectivity index (χ4v) is 3.54. The van der Waals surface area contributed by atoms with Gasteiger partial charge in [-0.1, -0.05) is 0 Å². The third kappa shape index (κ3) is 4.37. The van der Waals surface area contributed by atoms with Gasteiger partial charge in [0.05, 0.1) is 31.4 Å². The average Bonchev–Trinajstić information content (AvgIpc) is 2.65. The normalized spacial score (nSPS) is 22.9. The molecule has 28 heavy (non-hydrogen) atoms. The highest BCUT2D eigenvalue weighted by Crippen LogP contribution is 2.32. The molecule has 0 aliphatic carbocycles. The molecule has 0 N–H and O–H groups in total. The van der Waals surface area contributed by atoms with Crippen molar-refractivity contribution < 1.29 is 23.4 Å². The van der Waals surface area contributed by atoms with Gasteiger partial charge in [0.1, 0.15) is 23.2 Å². The molecular formula is C20H26FN3O4.